The van der Waals surface area contributed by atoms with E-state index in [-0.39, 0.29) is 36.6 Å². The van der Waals surface area contributed by atoms with Crippen LogP contribution in [0.25, 0.3) is 5.57 Å². The topological polar surface area (TPSA) is 91.6 Å². The van der Waals surface area contributed by atoms with Gasteiger partial charge in [0, 0.05) is 41.9 Å². The molecular formula is C28H31N3O4. The molecule has 4 atom stereocenters. The van der Waals surface area contributed by atoms with Crippen LogP contribution in [0.1, 0.15) is 66.2 Å². The second-order valence-electron chi connectivity index (χ2n) is 10.3. The average molecular weight is 474 g/mol. The van der Waals surface area contributed by atoms with E-state index in [0.29, 0.717) is 16.8 Å². The van der Waals surface area contributed by atoms with Gasteiger partial charge in [-0.15, -0.1) is 0 Å². The Hall–Kier alpha value is -3.19. The largest absolute Gasteiger partial charge is 0.396 e. The van der Waals surface area contributed by atoms with Gasteiger partial charge in [-0.2, -0.15) is 0 Å². The maximum atomic E-state index is 13.8. The number of benzene rings is 1. The van der Waals surface area contributed by atoms with E-state index in [1.54, 1.807) is 21.6 Å². The molecule has 0 spiro atoms. The summed E-state index contributed by atoms with van der Waals surface area (Å²) < 4.78 is 1.76. The number of hydrogen-bond acceptors (Lipinski definition) is 4. The molecule has 6 rings (SSSR count). The van der Waals surface area contributed by atoms with Gasteiger partial charge in [0.15, 0.2) is 0 Å². The minimum absolute atomic E-state index is 0.0609. The summed E-state index contributed by atoms with van der Waals surface area (Å²) in [4.78, 5) is 42.7. The van der Waals surface area contributed by atoms with Crippen LogP contribution in [0.4, 0.5) is 0 Å². The van der Waals surface area contributed by atoms with Gasteiger partial charge in [0.05, 0.1) is 18.0 Å². The number of aliphatic hydroxyl groups excluding tert-OH is 1. The lowest BCUT2D eigenvalue weighted by molar-refractivity contribution is -0.128. The Bertz CT molecular complexity index is 1250. The lowest BCUT2D eigenvalue weighted by atomic mass is 9.85. The molecule has 1 aromatic heterocycles. The summed E-state index contributed by atoms with van der Waals surface area (Å²) in [5.74, 6) is -1.35. The highest BCUT2D eigenvalue weighted by Gasteiger charge is 2.57. The van der Waals surface area contributed by atoms with Gasteiger partial charge >= 0.3 is 0 Å². The lowest BCUT2D eigenvalue weighted by Crippen LogP contribution is -2.49. The first-order chi connectivity index (χ1) is 17.1. The van der Waals surface area contributed by atoms with E-state index >= 15 is 0 Å². The van der Waals surface area contributed by atoms with Gasteiger partial charge in [0.1, 0.15) is 0 Å². The third-order valence-corrected chi connectivity index (χ3v) is 8.44. The molecule has 2 fully saturated rings. The highest BCUT2D eigenvalue weighted by atomic mass is 16.3. The monoisotopic (exact) mass is 473 g/mol. The van der Waals surface area contributed by atoms with Crippen molar-refractivity contribution in [2.75, 3.05) is 6.61 Å². The summed E-state index contributed by atoms with van der Waals surface area (Å²) in [7, 11) is 0. The van der Waals surface area contributed by atoms with Crippen LogP contribution in [0, 0.1) is 11.8 Å². The van der Waals surface area contributed by atoms with Gasteiger partial charge < -0.3 is 19.9 Å². The standard InChI is InChI=1S/C28H31N3O4/c32-16-21-23-15-30-22(14-13-20(28(30)35)17-7-4-5-8-17)25(24(21)26(33)29-19-11-6-12-19)31(23)27(34)18-9-2-1-3-10-18/h1-3,7,9-10,13-14,19,21,23-25,32H,4-6,8,11-12,15-16H2,(H,29,33)/t21-,23-,24+,25+/m0/s1. The highest BCUT2D eigenvalue weighted by molar-refractivity contribution is 5.96. The van der Waals surface area contributed by atoms with Crippen molar-refractivity contribution in [1.82, 2.24) is 14.8 Å². The normalized spacial score (nSPS) is 27.2. The maximum absolute atomic E-state index is 13.8. The summed E-state index contributed by atoms with van der Waals surface area (Å²) in [6.45, 7) is 0.0615. The second kappa shape index (κ2) is 8.79. The van der Waals surface area contributed by atoms with Crippen LogP contribution in [-0.2, 0) is 11.3 Å². The number of nitrogens with one attached hydrogen (secondary N) is 1. The molecule has 182 valence electrons. The zero-order valence-corrected chi connectivity index (χ0v) is 19.7. The molecule has 1 aromatic carbocycles. The molecule has 2 aliphatic heterocycles. The highest BCUT2D eigenvalue weighted by Crippen LogP contribution is 2.49. The van der Waals surface area contributed by atoms with Crippen molar-refractivity contribution in [3.05, 3.63) is 75.7 Å². The number of rotatable bonds is 5. The predicted molar refractivity (Wildman–Crippen MR) is 132 cm³/mol. The van der Waals surface area contributed by atoms with Gasteiger partial charge in [-0.3, -0.25) is 14.4 Å². The molecule has 0 unspecified atom stereocenters. The van der Waals surface area contributed by atoms with Crippen LogP contribution in [-0.4, -0.2) is 45.1 Å². The molecule has 4 aliphatic rings. The summed E-state index contributed by atoms with van der Waals surface area (Å²) in [6.07, 6.45) is 8.08. The fourth-order valence-corrected chi connectivity index (χ4v) is 6.42. The Kier molecular flexibility index (Phi) is 5.60. The SMILES string of the molecule is O=C(NC1CCC1)[C@@H]1[C@@H](CO)[C@@H]2Cn3c(ccc(C4=CCCC4)c3=O)[C@H]1N2C(=O)c1ccccc1. The van der Waals surface area contributed by atoms with Gasteiger partial charge in [-0.1, -0.05) is 24.3 Å². The van der Waals surface area contributed by atoms with E-state index in [4.69, 9.17) is 0 Å². The van der Waals surface area contributed by atoms with Crippen LogP contribution in [0.15, 0.2) is 53.3 Å². The molecule has 0 radical (unpaired) electrons. The molecule has 2 aliphatic carbocycles. The first kappa shape index (κ1) is 22.3. The third kappa shape index (κ3) is 3.56. The third-order valence-electron chi connectivity index (χ3n) is 8.44. The summed E-state index contributed by atoms with van der Waals surface area (Å²) in [6, 6.07) is 12.0. The Morgan fingerprint density at radius 3 is 2.51 bits per heavy atom. The van der Waals surface area contributed by atoms with Crippen molar-refractivity contribution < 1.29 is 14.7 Å². The maximum Gasteiger partial charge on any atom is 0.258 e. The Balaban J connectivity index is 1.46. The zero-order chi connectivity index (χ0) is 24.1. The lowest BCUT2D eigenvalue weighted by Gasteiger charge is -2.38. The number of nitrogens with zero attached hydrogens (tertiary/aromatic N) is 2. The fourth-order valence-electron chi connectivity index (χ4n) is 6.42. The van der Waals surface area contributed by atoms with Crippen LogP contribution >= 0.6 is 0 Å². The van der Waals surface area contributed by atoms with Crippen LogP contribution in [0.5, 0.6) is 0 Å². The number of carbonyl (C=O) groups excluding carboxylic acids is 2. The van der Waals surface area contributed by atoms with Crippen molar-refractivity contribution in [2.24, 2.45) is 11.8 Å². The summed E-state index contributed by atoms with van der Waals surface area (Å²) in [5.41, 5.74) is 2.96. The number of hydrogen-bond donors (Lipinski definition) is 2. The van der Waals surface area contributed by atoms with Crippen LogP contribution in [0.2, 0.25) is 0 Å². The molecule has 2 aromatic rings. The van der Waals surface area contributed by atoms with Gasteiger partial charge in [0.25, 0.3) is 11.5 Å². The Labute approximate surface area is 204 Å². The van der Waals surface area contributed by atoms with E-state index in [2.05, 4.69) is 11.4 Å². The average Bonchev–Trinajstić information content (AvgIpc) is 3.46. The molecule has 1 saturated carbocycles. The van der Waals surface area contributed by atoms with E-state index < -0.39 is 23.9 Å². The van der Waals surface area contributed by atoms with Crippen LogP contribution in [0.3, 0.4) is 0 Å². The van der Waals surface area contributed by atoms with E-state index in [1.807, 2.05) is 30.3 Å². The number of aliphatic hydroxyl groups is 1. The number of aromatic nitrogens is 1. The van der Waals surface area contributed by atoms with Gasteiger partial charge in [-0.05, 0) is 68.4 Å². The number of allylic oxidation sites excluding steroid dienone is 2. The van der Waals surface area contributed by atoms with E-state index in [9.17, 15) is 19.5 Å². The minimum Gasteiger partial charge on any atom is -0.396 e. The summed E-state index contributed by atoms with van der Waals surface area (Å²) >= 11 is 0. The number of amides is 2. The van der Waals surface area contributed by atoms with Gasteiger partial charge in [0.2, 0.25) is 5.91 Å². The zero-order valence-electron chi connectivity index (χ0n) is 19.7. The molecule has 7 heteroatoms. The first-order valence-corrected chi connectivity index (χ1v) is 12.8. The van der Waals surface area contributed by atoms with E-state index in [0.717, 1.165) is 44.1 Å². The van der Waals surface area contributed by atoms with E-state index in [1.165, 1.54) is 0 Å². The van der Waals surface area contributed by atoms with Crippen molar-refractivity contribution >= 4 is 17.4 Å². The molecular weight excluding hydrogens is 442 g/mol. The Morgan fingerprint density at radius 2 is 1.86 bits per heavy atom. The van der Waals surface area contributed by atoms with Crippen molar-refractivity contribution in [2.45, 2.75) is 63.2 Å². The van der Waals surface area contributed by atoms with Crippen LogP contribution < -0.4 is 10.9 Å². The fraction of sp³-hybridized carbons (Fsp3) is 0.464. The molecule has 2 N–H and O–H groups in total. The molecule has 1 saturated heterocycles. The smallest absolute Gasteiger partial charge is 0.258 e. The van der Waals surface area contributed by atoms with Crippen molar-refractivity contribution in [1.29, 1.82) is 0 Å². The molecule has 2 amide bonds. The van der Waals surface area contributed by atoms with Crippen molar-refractivity contribution in [3.8, 4) is 0 Å². The quantitative estimate of drug-likeness (QED) is 0.699. The molecule has 7 nitrogen and oxygen atoms in total. The van der Waals surface area contributed by atoms with Gasteiger partial charge in [-0.25, -0.2) is 0 Å². The number of pyridine rings is 1. The van der Waals surface area contributed by atoms with Crippen molar-refractivity contribution in [3.63, 3.8) is 0 Å². The number of fused-ring (bicyclic) bond motifs is 4. The first-order valence-electron chi connectivity index (χ1n) is 12.8. The minimum atomic E-state index is -0.608. The number of carbonyl (C=O) groups is 2. The Morgan fingerprint density at radius 1 is 1.06 bits per heavy atom. The molecule has 2 bridgehead atoms. The molecule has 35 heavy (non-hydrogen) atoms. The second-order valence-corrected chi connectivity index (χ2v) is 10.3. The molecule has 3 heterocycles. The predicted octanol–water partition coefficient (Wildman–Crippen LogP) is 2.89. The summed E-state index contributed by atoms with van der Waals surface area (Å²) in [5, 5.41) is 13.6.